The third-order valence-electron chi connectivity index (χ3n) is 2.99. The number of aromatic nitrogens is 2. The average molecular weight is 344 g/mol. The summed E-state index contributed by atoms with van der Waals surface area (Å²) in [6.07, 6.45) is 0. The molecule has 0 aliphatic rings. The number of aryl methyl sites for hydroxylation is 2. The van der Waals surface area contributed by atoms with Crippen LogP contribution in [0.3, 0.4) is 0 Å². The summed E-state index contributed by atoms with van der Waals surface area (Å²) in [5.41, 5.74) is 3.74. The smallest absolute Gasteiger partial charge is 0.163 e. The largest absolute Gasteiger partial charge is 0.228 e. The fourth-order valence-corrected chi connectivity index (χ4v) is 3.84. The summed E-state index contributed by atoms with van der Waals surface area (Å²) in [4.78, 5) is 8.93. The molecule has 0 N–H and O–H groups in total. The van der Waals surface area contributed by atoms with Crippen molar-refractivity contribution in [3.8, 4) is 11.4 Å². The number of benzene rings is 1. The third-order valence-corrected chi connectivity index (χ3v) is 4.76. The van der Waals surface area contributed by atoms with Crippen LogP contribution in [0.4, 0.5) is 0 Å². The Labute approximate surface area is 135 Å². The molecule has 0 saturated carbocycles. The van der Waals surface area contributed by atoms with Gasteiger partial charge in [-0.1, -0.05) is 46.4 Å². The van der Waals surface area contributed by atoms with Gasteiger partial charge < -0.3 is 0 Å². The first-order chi connectivity index (χ1) is 9.45. The van der Waals surface area contributed by atoms with Crippen LogP contribution in [0.1, 0.15) is 11.1 Å². The maximum Gasteiger partial charge on any atom is 0.163 e. The lowest BCUT2D eigenvalue weighted by Crippen LogP contribution is -1.94. The van der Waals surface area contributed by atoms with E-state index in [2.05, 4.69) is 16.0 Å². The Morgan fingerprint density at radius 2 is 1.75 bits per heavy atom. The molecule has 0 amide bonds. The summed E-state index contributed by atoms with van der Waals surface area (Å²) >= 11 is 19.7. The fourth-order valence-electron chi connectivity index (χ4n) is 2.16. The Kier molecular flexibility index (Phi) is 3.63. The quantitative estimate of drug-likeness (QED) is 0.511. The highest BCUT2D eigenvalue weighted by molar-refractivity contribution is 7.20. The second kappa shape index (κ2) is 5.15. The SMILES string of the molecule is Cc1cc(C)c2nc(-c3cc(Cl)sc3Cl)nc(Cl)c2c1. The molecule has 3 aromatic rings. The zero-order chi connectivity index (χ0) is 14.4. The molecule has 2 nitrogen and oxygen atoms in total. The summed E-state index contributed by atoms with van der Waals surface area (Å²) in [5, 5.41) is 1.28. The van der Waals surface area contributed by atoms with Crippen molar-refractivity contribution in [2.45, 2.75) is 13.8 Å². The van der Waals surface area contributed by atoms with Crippen LogP contribution in [0.15, 0.2) is 18.2 Å². The first-order valence-electron chi connectivity index (χ1n) is 5.85. The van der Waals surface area contributed by atoms with Gasteiger partial charge in [-0.15, -0.1) is 11.3 Å². The molecule has 1 aromatic carbocycles. The van der Waals surface area contributed by atoms with E-state index in [-0.39, 0.29) is 0 Å². The number of thiophene rings is 1. The van der Waals surface area contributed by atoms with E-state index in [1.165, 1.54) is 11.3 Å². The van der Waals surface area contributed by atoms with Crippen molar-refractivity contribution in [1.29, 1.82) is 0 Å². The Hall–Kier alpha value is -0.870. The summed E-state index contributed by atoms with van der Waals surface area (Å²) in [7, 11) is 0. The molecule has 0 aliphatic carbocycles. The van der Waals surface area contributed by atoms with Gasteiger partial charge in [0.15, 0.2) is 5.82 Å². The summed E-state index contributed by atoms with van der Waals surface area (Å²) in [6, 6.07) is 5.81. The minimum absolute atomic E-state index is 0.426. The van der Waals surface area contributed by atoms with Crippen LogP contribution in [-0.4, -0.2) is 9.97 Å². The lowest BCUT2D eigenvalue weighted by Gasteiger charge is -2.07. The molecule has 0 fully saturated rings. The van der Waals surface area contributed by atoms with Gasteiger partial charge >= 0.3 is 0 Å². The number of nitrogens with zero attached hydrogens (tertiary/aromatic N) is 2. The number of rotatable bonds is 1. The van der Waals surface area contributed by atoms with Crippen LogP contribution in [0.25, 0.3) is 22.3 Å². The van der Waals surface area contributed by atoms with E-state index >= 15 is 0 Å². The molecule has 0 spiro atoms. The van der Waals surface area contributed by atoms with Gasteiger partial charge in [0.1, 0.15) is 9.49 Å². The Morgan fingerprint density at radius 3 is 2.40 bits per heavy atom. The first kappa shape index (κ1) is 14.1. The summed E-state index contributed by atoms with van der Waals surface area (Å²) < 4.78 is 1.17. The molecule has 102 valence electrons. The van der Waals surface area contributed by atoms with Crippen LogP contribution in [0, 0.1) is 13.8 Å². The van der Waals surface area contributed by atoms with E-state index in [1.54, 1.807) is 6.07 Å². The molecule has 0 unspecified atom stereocenters. The van der Waals surface area contributed by atoms with Crippen molar-refractivity contribution < 1.29 is 0 Å². The molecular weight excluding hydrogens is 335 g/mol. The highest BCUT2D eigenvalue weighted by Gasteiger charge is 2.15. The van der Waals surface area contributed by atoms with Gasteiger partial charge in [0, 0.05) is 5.39 Å². The molecule has 0 atom stereocenters. The summed E-state index contributed by atoms with van der Waals surface area (Å²) in [6.45, 7) is 4.02. The number of hydrogen-bond donors (Lipinski definition) is 0. The van der Waals surface area contributed by atoms with Crippen LogP contribution in [0.2, 0.25) is 13.8 Å². The van der Waals surface area contributed by atoms with Gasteiger partial charge in [-0.05, 0) is 31.5 Å². The number of fused-ring (bicyclic) bond motifs is 1. The van der Waals surface area contributed by atoms with Gasteiger partial charge in [0.25, 0.3) is 0 Å². The molecule has 2 aromatic heterocycles. The Bertz CT molecular complexity index is 827. The maximum absolute atomic E-state index is 6.29. The lowest BCUT2D eigenvalue weighted by molar-refractivity contribution is 1.22. The second-order valence-corrected chi connectivity index (χ2v) is 7.20. The zero-order valence-corrected chi connectivity index (χ0v) is 13.8. The Morgan fingerprint density at radius 1 is 1.00 bits per heavy atom. The van der Waals surface area contributed by atoms with Gasteiger partial charge in [-0.3, -0.25) is 0 Å². The molecule has 0 radical (unpaired) electrons. The predicted octanol–water partition coefficient (Wildman–Crippen LogP) is 5.94. The van der Waals surface area contributed by atoms with Crippen molar-refractivity contribution in [3.05, 3.63) is 43.2 Å². The fraction of sp³-hybridized carbons (Fsp3) is 0.143. The van der Waals surface area contributed by atoms with E-state index < -0.39 is 0 Å². The van der Waals surface area contributed by atoms with Gasteiger partial charge in [-0.25, -0.2) is 9.97 Å². The van der Waals surface area contributed by atoms with Crippen molar-refractivity contribution in [1.82, 2.24) is 9.97 Å². The molecule has 0 aliphatic heterocycles. The maximum atomic E-state index is 6.29. The van der Waals surface area contributed by atoms with Crippen molar-refractivity contribution >= 4 is 57.0 Å². The second-order valence-electron chi connectivity index (χ2n) is 4.55. The Balaban J connectivity index is 2.32. The number of halogens is 3. The topological polar surface area (TPSA) is 25.8 Å². The van der Waals surface area contributed by atoms with Gasteiger partial charge in [0.05, 0.1) is 15.4 Å². The van der Waals surface area contributed by atoms with E-state index in [0.717, 1.165) is 22.0 Å². The van der Waals surface area contributed by atoms with Crippen molar-refractivity contribution in [2.24, 2.45) is 0 Å². The number of hydrogen-bond acceptors (Lipinski definition) is 3. The van der Waals surface area contributed by atoms with Crippen LogP contribution in [0.5, 0.6) is 0 Å². The van der Waals surface area contributed by atoms with E-state index in [9.17, 15) is 0 Å². The minimum atomic E-state index is 0.426. The molecule has 3 rings (SSSR count). The first-order valence-corrected chi connectivity index (χ1v) is 7.80. The molecule has 0 saturated heterocycles. The molecule has 2 heterocycles. The predicted molar refractivity (Wildman–Crippen MR) is 87.4 cm³/mol. The summed E-state index contributed by atoms with van der Waals surface area (Å²) in [5.74, 6) is 0.502. The highest BCUT2D eigenvalue weighted by Crippen LogP contribution is 2.38. The van der Waals surface area contributed by atoms with Crippen LogP contribution >= 0.6 is 46.1 Å². The van der Waals surface area contributed by atoms with E-state index in [1.807, 2.05) is 19.9 Å². The minimum Gasteiger partial charge on any atom is -0.228 e. The van der Waals surface area contributed by atoms with Crippen LogP contribution in [-0.2, 0) is 0 Å². The van der Waals surface area contributed by atoms with Gasteiger partial charge in [-0.2, -0.15) is 0 Å². The van der Waals surface area contributed by atoms with E-state index in [4.69, 9.17) is 34.8 Å². The van der Waals surface area contributed by atoms with Crippen molar-refractivity contribution in [3.63, 3.8) is 0 Å². The van der Waals surface area contributed by atoms with Gasteiger partial charge in [0.2, 0.25) is 0 Å². The normalized spacial score (nSPS) is 11.2. The molecule has 0 bridgehead atoms. The van der Waals surface area contributed by atoms with Crippen molar-refractivity contribution in [2.75, 3.05) is 0 Å². The average Bonchev–Trinajstić information content (AvgIpc) is 2.69. The van der Waals surface area contributed by atoms with Crippen LogP contribution < -0.4 is 0 Å². The monoisotopic (exact) mass is 342 g/mol. The lowest BCUT2D eigenvalue weighted by atomic mass is 10.1. The molecule has 6 heteroatoms. The zero-order valence-electron chi connectivity index (χ0n) is 10.7. The highest BCUT2D eigenvalue weighted by atomic mass is 35.5. The molecule has 20 heavy (non-hydrogen) atoms. The molecular formula is C14H9Cl3N2S. The standard InChI is InChI=1S/C14H9Cl3N2S/c1-6-3-7(2)11-8(4-6)12(16)19-14(18-11)9-5-10(15)20-13(9)17/h3-5H,1-2H3. The van der Waals surface area contributed by atoms with E-state index in [0.29, 0.717) is 25.2 Å². The third kappa shape index (κ3) is 2.40.